The van der Waals surface area contributed by atoms with Crippen LogP contribution in [-0.2, 0) is 6.42 Å². The molecule has 0 aliphatic rings. The standard InChI is InChI=1S/C18H22N2O.ClH/c1-2-19-12-13-20-18(21)17-11-7-6-10-16(17)14-15-8-4-3-5-9-15;/h3-11,19H,2,12-14H2,1H3,(H,20,21);1H. The molecule has 2 aromatic rings. The first-order valence-electron chi connectivity index (χ1n) is 7.42. The van der Waals surface area contributed by atoms with Crippen LogP contribution in [0.4, 0.5) is 0 Å². The number of likely N-dealkylation sites (N-methyl/N-ethyl adjacent to an activating group) is 1. The fraction of sp³-hybridized carbons (Fsp3) is 0.278. The summed E-state index contributed by atoms with van der Waals surface area (Å²) in [5.41, 5.74) is 3.04. The average molecular weight is 319 g/mol. The zero-order chi connectivity index (χ0) is 14.9. The highest BCUT2D eigenvalue weighted by molar-refractivity contribution is 5.95. The van der Waals surface area contributed by atoms with Crippen LogP contribution in [0.25, 0.3) is 0 Å². The summed E-state index contributed by atoms with van der Waals surface area (Å²) >= 11 is 0. The Kier molecular flexibility index (Phi) is 8.26. The topological polar surface area (TPSA) is 41.1 Å². The SMILES string of the molecule is CCNCCNC(=O)c1ccccc1Cc1ccccc1.Cl. The van der Waals surface area contributed by atoms with Gasteiger partial charge < -0.3 is 10.6 Å². The summed E-state index contributed by atoms with van der Waals surface area (Å²) in [4.78, 5) is 12.3. The van der Waals surface area contributed by atoms with Gasteiger partial charge in [0, 0.05) is 18.7 Å². The van der Waals surface area contributed by atoms with Crippen molar-refractivity contribution in [3.8, 4) is 0 Å². The molecule has 0 aromatic heterocycles. The van der Waals surface area contributed by atoms with Crippen molar-refractivity contribution in [2.75, 3.05) is 19.6 Å². The van der Waals surface area contributed by atoms with Gasteiger partial charge in [0.25, 0.3) is 5.91 Å². The third kappa shape index (κ3) is 5.51. The Hall–Kier alpha value is -1.84. The van der Waals surface area contributed by atoms with Crippen molar-refractivity contribution >= 4 is 18.3 Å². The maximum absolute atomic E-state index is 12.3. The highest BCUT2D eigenvalue weighted by Gasteiger charge is 2.10. The van der Waals surface area contributed by atoms with Crippen LogP contribution < -0.4 is 10.6 Å². The molecule has 2 rings (SSSR count). The smallest absolute Gasteiger partial charge is 0.251 e. The van der Waals surface area contributed by atoms with Gasteiger partial charge in [0.1, 0.15) is 0 Å². The van der Waals surface area contributed by atoms with E-state index < -0.39 is 0 Å². The number of halogens is 1. The molecule has 22 heavy (non-hydrogen) atoms. The molecule has 0 aliphatic heterocycles. The minimum absolute atomic E-state index is 0. The van der Waals surface area contributed by atoms with Crippen molar-refractivity contribution in [3.63, 3.8) is 0 Å². The van der Waals surface area contributed by atoms with E-state index in [1.54, 1.807) is 0 Å². The molecule has 0 unspecified atom stereocenters. The molecule has 0 saturated carbocycles. The van der Waals surface area contributed by atoms with Gasteiger partial charge in [0.2, 0.25) is 0 Å². The maximum atomic E-state index is 12.3. The highest BCUT2D eigenvalue weighted by atomic mass is 35.5. The Morgan fingerprint density at radius 1 is 0.955 bits per heavy atom. The second-order valence-corrected chi connectivity index (χ2v) is 4.93. The third-order valence-corrected chi connectivity index (χ3v) is 3.34. The fourth-order valence-corrected chi connectivity index (χ4v) is 2.25. The van der Waals surface area contributed by atoms with E-state index in [2.05, 4.69) is 29.7 Å². The Labute approximate surface area is 138 Å². The van der Waals surface area contributed by atoms with Gasteiger partial charge in [-0.3, -0.25) is 4.79 Å². The highest BCUT2D eigenvalue weighted by Crippen LogP contribution is 2.14. The molecule has 0 fully saturated rings. The molecule has 0 aliphatic carbocycles. The van der Waals surface area contributed by atoms with Crippen molar-refractivity contribution < 1.29 is 4.79 Å². The van der Waals surface area contributed by atoms with E-state index in [1.807, 2.05) is 42.5 Å². The molecule has 0 heterocycles. The van der Waals surface area contributed by atoms with Gasteiger partial charge in [0.05, 0.1) is 0 Å². The van der Waals surface area contributed by atoms with Gasteiger partial charge in [-0.1, -0.05) is 55.5 Å². The number of hydrogen-bond acceptors (Lipinski definition) is 2. The van der Waals surface area contributed by atoms with Gasteiger partial charge in [0.15, 0.2) is 0 Å². The quantitative estimate of drug-likeness (QED) is 0.770. The lowest BCUT2D eigenvalue weighted by Crippen LogP contribution is -2.32. The van der Waals surface area contributed by atoms with E-state index in [9.17, 15) is 4.79 Å². The van der Waals surface area contributed by atoms with E-state index in [0.29, 0.717) is 6.54 Å². The number of carbonyl (C=O) groups excluding carboxylic acids is 1. The van der Waals surface area contributed by atoms with Crippen molar-refractivity contribution in [1.82, 2.24) is 10.6 Å². The number of carbonyl (C=O) groups is 1. The van der Waals surface area contributed by atoms with Crippen LogP contribution >= 0.6 is 12.4 Å². The van der Waals surface area contributed by atoms with E-state index in [-0.39, 0.29) is 18.3 Å². The van der Waals surface area contributed by atoms with Crippen molar-refractivity contribution in [2.45, 2.75) is 13.3 Å². The van der Waals surface area contributed by atoms with Gasteiger partial charge in [-0.25, -0.2) is 0 Å². The summed E-state index contributed by atoms with van der Waals surface area (Å²) in [5.74, 6) is -0.000524. The van der Waals surface area contributed by atoms with E-state index in [1.165, 1.54) is 5.56 Å². The molecule has 0 spiro atoms. The number of rotatable bonds is 7. The first-order chi connectivity index (χ1) is 10.3. The lowest BCUT2D eigenvalue weighted by Gasteiger charge is -2.10. The molecular weight excluding hydrogens is 296 g/mol. The monoisotopic (exact) mass is 318 g/mol. The minimum atomic E-state index is -0.000524. The average Bonchev–Trinajstić information content (AvgIpc) is 2.53. The first kappa shape index (κ1) is 18.2. The number of benzene rings is 2. The van der Waals surface area contributed by atoms with Crippen LogP contribution in [0.2, 0.25) is 0 Å². The normalized spacial score (nSPS) is 9.86. The van der Waals surface area contributed by atoms with Crippen LogP contribution in [0, 0.1) is 0 Å². The molecule has 118 valence electrons. The van der Waals surface area contributed by atoms with E-state index in [4.69, 9.17) is 0 Å². The minimum Gasteiger partial charge on any atom is -0.351 e. The van der Waals surface area contributed by atoms with Crippen LogP contribution in [-0.4, -0.2) is 25.5 Å². The first-order valence-corrected chi connectivity index (χ1v) is 7.42. The third-order valence-electron chi connectivity index (χ3n) is 3.34. The van der Waals surface area contributed by atoms with Crippen molar-refractivity contribution in [2.24, 2.45) is 0 Å². The summed E-state index contributed by atoms with van der Waals surface area (Å²) in [6.45, 7) is 4.41. The number of amides is 1. The lowest BCUT2D eigenvalue weighted by molar-refractivity contribution is 0.0953. The van der Waals surface area contributed by atoms with Gasteiger partial charge >= 0.3 is 0 Å². The van der Waals surface area contributed by atoms with Crippen LogP contribution in [0.5, 0.6) is 0 Å². The molecule has 0 radical (unpaired) electrons. The van der Waals surface area contributed by atoms with Gasteiger partial charge in [-0.2, -0.15) is 0 Å². The molecule has 1 amide bonds. The fourth-order valence-electron chi connectivity index (χ4n) is 2.25. The summed E-state index contributed by atoms with van der Waals surface area (Å²) in [5, 5.41) is 6.15. The Balaban J connectivity index is 0.00000242. The summed E-state index contributed by atoms with van der Waals surface area (Å²) < 4.78 is 0. The molecule has 4 heteroatoms. The van der Waals surface area contributed by atoms with E-state index >= 15 is 0 Å². The molecule has 2 N–H and O–H groups in total. The van der Waals surface area contributed by atoms with Crippen LogP contribution in [0.1, 0.15) is 28.4 Å². The Morgan fingerprint density at radius 2 is 1.64 bits per heavy atom. The predicted octanol–water partition coefficient (Wildman–Crippen LogP) is 3.04. The maximum Gasteiger partial charge on any atom is 0.251 e. The summed E-state index contributed by atoms with van der Waals surface area (Å²) in [7, 11) is 0. The predicted molar refractivity (Wildman–Crippen MR) is 93.8 cm³/mol. The zero-order valence-electron chi connectivity index (χ0n) is 12.8. The van der Waals surface area contributed by atoms with Crippen molar-refractivity contribution in [1.29, 1.82) is 0 Å². The van der Waals surface area contributed by atoms with Crippen molar-refractivity contribution in [3.05, 3.63) is 71.3 Å². The zero-order valence-corrected chi connectivity index (χ0v) is 13.7. The molecule has 3 nitrogen and oxygen atoms in total. The largest absolute Gasteiger partial charge is 0.351 e. The number of nitrogens with one attached hydrogen (secondary N) is 2. The number of hydrogen-bond donors (Lipinski definition) is 2. The second-order valence-electron chi connectivity index (χ2n) is 4.93. The molecule has 0 bridgehead atoms. The molecule has 0 atom stereocenters. The Morgan fingerprint density at radius 3 is 2.36 bits per heavy atom. The van der Waals surface area contributed by atoms with Gasteiger partial charge in [-0.05, 0) is 30.2 Å². The van der Waals surface area contributed by atoms with Crippen LogP contribution in [0.15, 0.2) is 54.6 Å². The summed E-state index contributed by atoms with van der Waals surface area (Å²) in [6.07, 6.45) is 0.775. The molecule has 0 saturated heterocycles. The lowest BCUT2D eigenvalue weighted by atomic mass is 9.99. The van der Waals surface area contributed by atoms with E-state index in [0.717, 1.165) is 30.6 Å². The Bertz CT molecular complexity index is 572. The molecule has 2 aromatic carbocycles. The second kappa shape index (κ2) is 9.98. The van der Waals surface area contributed by atoms with Crippen LogP contribution in [0.3, 0.4) is 0 Å². The van der Waals surface area contributed by atoms with Gasteiger partial charge in [-0.15, -0.1) is 12.4 Å². The summed E-state index contributed by atoms with van der Waals surface area (Å²) in [6, 6.07) is 18.0. The molecular formula is C18H23ClN2O.